The van der Waals surface area contributed by atoms with E-state index in [0.717, 1.165) is 24.0 Å². The third-order valence-corrected chi connectivity index (χ3v) is 4.89. The van der Waals surface area contributed by atoms with Gasteiger partial charge in [-0.05, 0) is 43.0 Å². The summed E-state index contributed by atoms with van der Waals surface area (Å²) in [5.41, 5.74) is 1.94. The number of carbonyl (C=O) groups is 2. The average Bonchev–Trinajstić information content (AvgIpc) is 2.73. The molecule has 3 atom stereocenters. The van der Waals surface area contributed by atoms with E-state index in [1.807, 2.05) is 49.4 Å². The topological polar surface area (TPSA) is 84.9 Å². The van der Waals surface area contributed by atoms with Crippen molar-refractivity contribution < 1.29 is 24.2 Å². The minimum absolute atomic E-state index is 0.0211. The van der Waals surface area contributed by atoms with Gasteiger partial charge < -0.3 is 19.9 Å². The molecule has 1 heterocycles. The van der Waals surface area contributed by atoms with E-state index in [-0.39, 0.29) is 30.6 Å². The highest BCUT2D eigenvalue weighted by molar-refractivity contribution is 5.80. The van der Waals surface area contributed by atoms with Crippen molar-refractivity contribution in [3.05, 3.63) is 65.7 Å². The van der Waals surface area contributed by atoms with Crippen molar-refractivity contribution in [3.63, 3.8) is 0 Å². The molecule has 1 amide bonds. The Bertz CT molecular complexity index is 790. The molecule has 28 heavy (non-hydrogen) atoms. The van der Waals surface area contributed by atoms with Gasteiger partial charge in [-0.3, -0.25) is 4.79 Å². The molecule has 6 heteroatoms. The van der Waals surface area contributed by atoms with Crippen LogP contribution in [0.5, 0.6) is 5.75 Å². The lowest BCUT2D eigenvalue weighted by Crippen LogP contribution is -2.38. The lowest BCUT2D eigenvalue weighted by atomic mass is 9.88. The molecule has 2 aromatic rings. The van der Waals surface area contributed by atoms with Crippen molar-refractivity contribution in [1.82, 2.24) is 5.32 Å². The zero-order chi connectivity index (χ0) is 19.9. The number of nitrogens with one attached hydrogen (secondary N) is 1. The first-order chi connectivity index (χ1) is 13.5. The molecular weight excluding hydrogens is 358 g/mol. The lowest BCUT2D eigenvalue weighted by Gasteiger charge is -2.32. The van der Waals surface area contributed by atoms with E-state index in [1.54, 1.807) is 12.1 Å². The molecule has 1 fully saturated rings. The predicted octanol–water partition coefficient (Wildman–Crippen LogP) is 3.50. The monoisotopic (exact) mass is 383 g/mol. The zero-order valence-corrected chi connectivity index (χ0v) is 15.8. The summed E-state index contributed by atoms with van der Waals surface area (Å²) >= 11 is 0. The summed E-state index contributed by atoms with van der Waals surface area (Å²) in [6.45, 7) is 2.21. The molecule has 2 N–H and O–H groups in total. The fourth-order valence-electron chi connectivity index (χ4n) is 3.42. The largest absolute Gasteiger partial charge is 0.482 e. The Morgan fingerprint density at radius 2 is 1.89 bits per heavy atom. The van der Waals surface area contributed by atoms with Crippen LogP contribution in [0.4, 0.5) is 0 Å². The number of benzene rings is 2. The van der Waals surface area contributed by atoms with Gasteiger partial charge in [0.25, 0.3) is 0 Å². The van der Waals surface area contributed by atoms with E-state index < -0.39 is 5.97 Å². The minimum Gasteiger partial charge on any atom is -0.482 e. The number of ether oxygens (including phenoxy) is 2. The Morgan fingerprint density at radius 3 is 2.57 bits per heavy atom. The summed E-state index contributed by atoms with van der Waals surface area (Å²) in [6, 6.07) is 16.7. The van der Waals surface area contributed by atoms with Crippen molar-refractivity contribution in [2.45, 2.75) is 31.9 Å². The van der Waals surface area contributed by atoms with Gasteiger partial charge in [-0.25, -0.2) is 4.79 Å². The van der Waals surface area contributed by atoms with Gasteiger partial charge >= 0.3 is 5.97 Å². The maximum Gasteiger partial charge on any atom is 0.341 e. The zero-order valence-electron chi connectivity index (χ0n) is 15.8. The number of carboxylic acid groups (broad SMARTS) is 1. The number of carboxylic acids is 1. The second-order valence-corrected chi connectivity index (χ2v) is 6.93. The third kappa shape index (κ3) is 5.10. The molecule has 148 valence electrons. The number of hydrogen-bond donors (Lipinski definition) is 2. The van der Waals surface area contributed by atoms with Gasteiger partial charge in [-0.1, -0.05) is 42.5 Å². The quantitative estimate of drug-likeness (QED) is 0.764. The fraction of sp³-hybridized carbons (Fsp3) is 0.364. The first-order valence-corrected chi connectivity index (χ1v) is 9.46. The smallest absolute Gasteiger partial charge is 0.341 e. The van der Waals surface area contributed by atoms with Gasteiger partial charge in [0.05, 0.1) is 18.1 Å². The fourth-order valence-corrected chi connectivity index (χ4v) is 3.42. The van der Waals surface area contributed by atoms with Crippen LogP contribution < -0.4 is 10.1 Å². The number of carbonyl (C=O) groups excluding carboxylic acids is 1. The number of rotatable bonds is 7. The molecule has 0 aliphatic carbocycles. The molecule has 0 aromatic heterocycles. The molecule has 0 saturated carbocycles. The third-order valence-electron chi connectivity index (χ3n) is 4.89. The summed E-state index contributed by atoms with van der Waals surface area (Å²) in [7, 11) is 0. The van der Waals surface area contributed by atoms with Crippen LogP contribution in [-0.2, 0) is 14.3 Å². The standard InChI is InChI=1S/C22H25NO5/c1-15(16-9-11-18(12-10-16)28-14-20(24)25)23-22(26)19-8-5-13-27-21(19)17-6-3-2-4-7-17/h2-4,6-7,9-12,15,19,21H,5,8,13-14H2,1H3,(H,23,26)(H,24,25). The highest BCUT2D eigenvalue weighted by atomic mass is 16.5. The van der Waals surface area contributed by atoms with E-state index in [4.69, 9.17) is 14.6 Å². The Kier molecular flexibility index (Phi) is 6.66. The van der Waals surface area contributed by atoms with Gasteiger partial charge in [0, 0.05) is 6.61 Å². The number of aliphatic carboxylic acids is 1. The SMILES string of the molecule is CC(NC(=O)C1CCCOC1c1ccccc1)c1ccc(OCC(=O)O)cc1. The summed E-state index contributed by atoms with van der Waals surface area (Å²) in [5, 5.41) is 11.7. The van der Waals surface area contributed by atoms with Gasteiger partial charge in [0.2, 0.25) is 5.91 Å². The summed E-state index contributed by atoms with van der Waals surface area (Å²) in [6.07, 6.45) is 1.43. The van der Waals surface area contributed by atoms with Crippen molar-refractivity contribution in [2.75, 3.05) is 13.2 Å². The highest BCUT2D eigenvalue weighted by Crippen LogP contribution is 2.34. The molecule has 1 aliphatic heterocycles. The van der Waals surface area contributed by atoms with Crippen LogP contribution in [0.25, 0.3) is 0 Å². The molecule has 0 spiro atoms. The van der Waals surface area contributed by atoms with Crippen LogP contribution >= 0.6 is 0 Å². The minimum atomic E-state index is -1.02. The van der Waals surface area contributed by atoms with Crippen LogP contribution in [0.15, 0.2) is 54.6 Å². The molecule has 2 aromatic carbocycles. The molecule has 0 radical (unpaired) electrons. The normalized spacial score (nSPS) is 20.2. The van der Waals surface area contributed by atoms with E-state index in [9.17, 15) is 9.59 Å². The number of amides is 1. The Morgan fingerprint density at radius 1 is 1.18 bits per heavy atom. The van der Waals surface area contributed by atoms with Crippen LogP contribution in [0.2, 0.25) is 0 Å². The van der Waals surface area contributed by atoms with Crippen LogP contribution in [0, 0.1) is 5.92 Å². The molecule has 6 nitrogen and oxygen atoms in total. The number of hydrogen-bond acceptors (Lipinski definition) is 4. The lowest BCUT2D eigenvalue weighted by molar-refractivity contribution is -0.139. The van der Waals surface area contributed by atoms with Crippen LogP contribution in [0.1, 0.15) is 43.0 Å². The molecular formula is C22H25NO5. The summed E-state index contributed by atoms with van der Waals surface area (Å²) in [4.78, 5) is 23.5. The molecule has 0 bridgehead atoms. The predicted molar refractivity (Wildman–Crippen MR) is 104 cm³/mol. The van der Waals surface area contributed by atoms with Gasteiger partial charge in [-0.2, -0.15) is 0 Å². The van der Waals surface area contributed by atoms with E-state index in [1.165, 1.54) is 0 Å². The maximum absolute atomic E-state index is 12.9. The van der Waals surface area contributed by atoms with Crippen molar-refractivity contribution in [1.29, 1.82) is 0 Å². The second-order valence-electron chi connectivity index (χ2n) is 6.93. The molecule has 1 aliphatic rings. The molecule has 3 rings (SSSR count). The summed E-state index contributed by atoms with van der Waals surface area (Å²) in [5.74, 6) is -0.786. The Labute approximate surface area is 164 Å². The van der Waals surface area contributed by atoms with Crippen molar-refractivity contribution in [2.24, 2.45) is 5.92 Å². The van der Waals surface area contributed by atoms with Gasteiger partial charge in [0.1, 0.15) is 5.75 Å². The maximum atomic E-state index is 12.9. The highest BCUT2D eigenvalue weighted by Gasteiger charge is 2.33. The first kappa shape index (κ1) is 19.9. The van der Waals surface area contributed by atoms with Crippen molar-refractivity contribution >= 4 is 11.9 Å². The summed E-state index contributed by atoms with van der Waals surface area (Å²) < 4.78 is 11.1. The Balaban J connectivity index is 1.63. The second kappa shape index (κ2) is 9.37. The van der Waals surface area contributed by atoms with E-state index in [0.29, 0.717) is 12.4 Å². The van der Waals surface area contributed by atoms with Gasteiger partial charge in [0.15, 0.2) is 6.61 Å². The van der Waals surface area contributed by atoms with Crippen LogP contribution in [0.3, 0.4) is 0 Å². The first-order valence-electron chi connectivity index (χ1n) is 9.46. The molecule has 1 saturated heterocycles. The van der Waals surface area contributed by atoms with Gasteiger partial charge in [-0.15, -0.1) is 0 Å². The van der Waals surface area contributed by atoms with Crippen molar-refractivity contribution in [3.8, 4) is 5.75 Å². The average molecular weight is 383 g/mol. The van der Waals surface area contributed by atoms with E-state index in [2.05, 4.69) is 5.32 Å². The van der Waals surface area contributed by atoms with Crippen LogP contribution in [-0.4, -0.2) is 30.2 Å². The molecule has 3 unspecified atom stereocenters. The van der Waals surface area contributed by atoms with E-state index >= 15 is 0 Å². The Hall–Kier alpha value is -2.86.